The van der Waals surface area contributed by atoms with Crippen molar-refractivity contribution in [1.29, 1.82) is 0 Å². The molecule has 1 heterocycles. The van der Waals surface area contributed by atoms with Crippen molar-refractivity contribution in [3.8, 4) is 5.75 Å². The van der Waals surface area contributed by atoms with Gasteiger partial charge in [0.1, 0.15) is 24.0 Å². The van der Waals surface area contributed by atoms with Crippen LogP contribution in [0.3, 0.4) is 0 Å². The lowest BCUT2D eigenvalue weighted by atomic mass is 9.96. The molecule has 1 saturated heterocycles. The van der Waals surface area contributed by atoms with Gasteiger partial charge in [-0.3, -0.25) is 14.1 Å². The van der Waals surface area contributed by atoms with Crippen LogP contribution in [0.25, 0.3) is 0 Å². The molecule has 0 spiro atoms. The highest BCUT2D eigenvalue weighted by Crippen LogP contribution is 2.35. The van der Waals surface area contributed by atoms with E-state index in [1.165, 1.54) is 24.3 Å². The number of amides is 2. The molecule has 12 nitrogen and oxygen atoms in total. The molecule has 0 bridgehead atoms. The highest BCUT2D eigenvalue weighted by Gasteiger charge is 2.64. The molecule has 2 rings (SSSR count). The predicted octanol–water partition coefficient (Wildman–Crippen LogP) is -1.65. The molecule has 0 aromatic heterocycles. The molecule has 1 aliphatic rings. The third-order valence-corrected chi connectivity index (χ3v) is 5.64. The Morgan fingerprint density at radius 3 is 2.40 bits per heavy atom. The molecule has 1 aromatic carbocycles. The smallest absolute Gasteiger partial charge is 0.300 e. The largest absolute Gasteiger partial charge is 0.463 e. The third kappa shape index (κ3) is 4.77. The van der Waals surface area contributed by atoms with Crippen molar-refractivity contribution in [3.63, 3.8) is 0 Å². The van der Waals surface area contributed by atoms with Crippen LogP contribution in [0.1, 0.15) is 6.92 Å². The van der Waals surface area contributed by atoms with E-state index in [-0.39, 0.29) is 5.75 Å². The average Bonchev–Trinajstić information content (AvgIpc) is 2.67. The number of carbonyl (C=O) groups excluding carboxylic acids is 2. The van der Waals surface area contributed by atoms with Gasteiger partial charge in [-0.15, -0.1) is 0 Å². The topological polar surface area (TPSA) is 192 Å². The van der Waals surface area contributed by atoms with Crippen LogP contribution < -0.4 is 15.4 Å². The highest BCUT2D eigenvalue weighted by atomic mass is 32.2. The number of benzene rings is 1. The lowest BCUT2D eigenvalue weighted by molar-refractivity contribution is -0.257. The molecule has 0 radical (unpaired) electrons. The van der Waals surface area contributed by atoms with Gasteiger partial charge in [0.05, 0.1) is 6.61 Å². The van der Waals surface area contributed by atoms with Crippen molar-refractivity contribution in [1.82, 2.24) is 5.32 Å². The van der Waals surface area contributed by atoms with Crippen LogP contribution >= 0.6 is 0 Å². The van der Waals surface area contributed by atoms with E-state index in [2.05, 4.69) is 17.2 Å². The van der Waals surface area contributed by atoms with E-state index in [4.69, 9.17) is 9.47 Å². The second-order valence-corrected chi connectivity index (χ2v) is 8.02. The van der Waals surface area contributed by atoms with Crippen LogP contribution in [-0.2, 0) is 24.4 Å². The van der Waals surface area contributed by atoms with Gasteiger partial charge in [0.25, 0.3) is 10.1 Å². The number of carbonyl (C=O) groups is 2. The van der Waals surface area contributed by atoms with E-state index in [9.17, 15) is 37.9 Å². The molecule has 0 saturated carbocycles. The van der Waals surface area contributed by atoms with Gasteiger partial charge in [0.2, 0.25) is 23.0 Å². The Kier molecular flexibility index (Phi) is 7.18. The van der Waals surface area contributed by atoms with Crippen LogP contribution in [-0.4, -0.2) is 76.2 Å². The van der Waals surface area contributed by atoms with Crippen molar-refractivity contribution in [2.45, 2.75) is 36.4 Å². The summed E-state index contributed by atoms with van der Waals surface area (Å²) in [5.41, 5.74) is 0.383. The van der Waals surface area contributed by atoms with Crippen molar-refractivity contribution in [2.75, 3.05) is 11.9 Å². The SMILES string of the molecule is C=CC(=O)Nc1ccc(OC2O[C@@H](CO)[C@H](O)C(O)(S(=O)(=O)O)[C@@H]2NC(C)=O)cc1. The molecule has 6 N–H and O–H groups in total. The summed E-state index contributed by atoms with van der Waals surface area (Å²) in [6.07, 6.45) is -4.66. The number of hydrogen-bond donors (Lipinski definition) is 6. The zero-order valence-corrected chi connectivity index (χ0v) is 16.6. The van der Waals surface area contributed by atoms with E-state index in [0.717, 1.165) is 13.0 Å². The van der Waals surface area contributed by atoms with Crippen LogP contribution in [0.15, 0.2) is 36.9 Å². The van der Waals surface area contributed by atoms with Crippen molar-refractivity contribution in [3.05, 3.63) is 36.9 Å². The van der Waals surface area contributed by atoms with E-state index in [0.29, 0.717) is 5.69 Å². The molecule has 1 aliphatic heterocycles. The van der Waals surface area contributed by atoms with Crippen molar-refractivity contribution < 1.29 is 47.4 Å². The number of ether oxygens (including phenoxy) is 2. The first-order valence-electron chi connectivity index (χ1n) is 8.55. The van der Waals surface area contributed by atoms with Gasteiger partial charge >= 0.3 is 0 Å². The number of aliphatic hydroxyl groups excluding tert-OH is 2. The summed E-state index contributed by atoms with van der Waals surface area (Å²) in [6.45, 7) is 3.39. The Morgan fingerprint density at radius 2 is 1.93 bits per heavy atom. The minimum Gasteiger partial charge on any atom is -0.463 e. The van der Waals surface area contributed by atoms with E-state index in [1.807, 2.05) is 0 Å². The number of hydrogen-bond acceptors (Lipinski definition) is 9. The van der Waals surface area contributed by atoms with Gasteiger partial charge in [0.15, 0.2) is 0 Å². The fraction of sp³-hybridized carbons (Fsp3) is 0.412. The van der Waals surface area contributed by atoms with Gasteiger partial charge in [-0.05, 0) is 30.3 Å². The van der Waals surface area contributed by atoms with E-state index < -0.39 is 58.0 Å². The summed E-state index contributed by atoms with van der Waals surface area (Å²) in [5, 5.41) is 34.8. The molecular formula is C17H22N2O10S. The fourth-order valence-electron chi connectivity index (χ4n) is 2.86. The normalized spacial score (nSPS) is 29.0. The van der Waals surface area contributed by atoms with Gasteiger partial charge < -0.3 is 35.4 Å². The summed E-state index contributed by atoms with van der Waals surface area (Å²) in [6, 6.07) is 3.61. The van der Waals surface area contributed by atoms with E-state index >= 15 is 0 Å². The monoisotopic (exact) mass is 446 g/mol. The Hall–Kier alpha value is -2.55. The minimum atomic E-state index is -5.40. The molecular weight excluding hydrogens is 424 g/mol. The maximum atomic E-state index is 11.9. The Balaban J connectivity index is 2.38. The second-order valence-electron chi connectivity index (χ2n) is 6.41. The number of aliphatic hydroxyl groups is 3. The summed E-state index contributed by atoms with van der Waals surface area (Å²) in [7, 11) is -5.40. The van der Waals surface area contributed by atoms with Gasteiger partial charge in [0, 0.05) is 12.6 Å². The molecule has 2 unspecified atom stereocenters. The lowest BCUT2D eigenvalue weighted by Gasteiger charge is -2.47. The maximum Gasteiger partial charge on any atom is 0.300 e. The summed E-state index contributed by atoms with van der Waals surface area (Å²) in [4.78, 5) is 19.5. The zero-order valence-electron chi connectivity index (χ0n) is 15.8. The summed E-state index contributed by atoms with van der Waals surface area (Å²) in [5.74, 6) is -1.22. The first kappa shape index (κ1) is 23.7. The Labute approximate surface area is 171 Å². The number of nitrogens with one attached hydrogen (secondary N) is 2. The molecule has 166 valence electrons. The molecule has 1 fully saturated rings. The first-order chi connectivity index (χ1) is 13.9. The highest BCUT2D eigenvalue weighted by molar-refractivity contribution is 7.87. The standard InChI is InChI=1S/C17H22N2O10S/c1-3-13(22)19-10-4-6-11(7-5-10)28-16-14(18-9(2)21)17(24,30(25,26)27)15(23)12(8-20)29-16/h3-7,12,14-16,20,23-24H,1,8H2,2H3,(H,18,21)(H,19,22)(H,25,26,27)/t12-,14+,15-,16?,17?/m0/s1. The molecule has 1 aromatic rings. The minimum absolute atomic E-state index is 0.0534. The van der Waals surface area contributed by atoms with Crippen molar-refractivity contribution >= 4 is 27.6 Å². The summed E-state index contributed by atoms with van der Waals surface area (Å²) >= 11 is 0. The summed E-state index contributed by atoms with van der Waals surface area (Å²) < 4.78 is 44.2. The first-order valence-corrected chi connectivity index (χ1v) is 9.99. The number of anilines is 1. The average molecular weight is 446 g/mol. The molecule has 13 heteroatoms. The third-order valence-electron chi connectivity index (χ3n) is 4.31. The van der Waals surface area contributed by atoms with Gasteiger partial charge in [-0.25, -0.2) is 0 Å². The predicted molar refractivity (Wildman–Crippen MR) is 102 cm³/mol. The quantitative estimate of drug-likeness (QED) is 0.209. The molecule has 30 heavy (non-hydrogen) atoms. The Morgan fingerprint density at radius 1 is 1.33 bits per heavy atom. The zero-order chi connectivity index (χ0) is 22.7. The number of rotatable bonds is 7. The van der Waals surface area contributed by atoms with Crippen LogP contribution in [0.2, 0.25) is 0 Å². The molecule has 2 amide bonds. The van der Waals surface area contributed by atoms with Crippen LogP contribution in [0.5, 0.6) is 5.75 Å². The van der Waals surface area contributed by atoms with Crippen LogP contribution in [0, 0.1) is 0 Å². The second kappa shape index (κ2) is 9.07. The fourth-order valence-corrected chi connectivity index (χ4v) is 3.80. The van der Waals surface area contributed by atoms with Crippen LogP contribution in [0.4, 0.5) is 5.69 Å². The molecule has 5 atom stereocenters. The lowest BCUT2D eigenvalue weighted by Crippen LogP contribution is -2.75. The Bertz CT molecular complexity index is 904. The molecule has 0 aliphatic carbocycles. The maximum absolute atomic E-state index is 11.9. The van der Waals surface area contributed by atoms with E-state index in [1.54, 1.807) is 0 Å². The van der Waals surface area contributed by atoms with Crippen molar-refractivity contribution in [2.24, 2.45) is 0 Å². The van der Waals surface area contributed by atoms with Gasteiger partial charge in [-0.1, -0.05) is 6.58 Å². The van der Waals surface area contributed by atoms with Gasteiger partial charge in [-0.2, -0.15) is 8.42 Å².